The molecule has 0 bridgehead atoms. The summed E-state index contributed by atoms with van der Waals surface area (Å²) < 4.78 is 0. The first-order valence-electron chi connectivity index (χ1n) is 7.29. The number of urea groups is 1. The number of thioether (sulfide) groups is 1. The Morgan fingerprint density at radius 2 is 2.00 bits per heavy atom. The van der Waals surface area contributed by atoms with Crippen LogP contribution in [0.4, 0.5) is 4.79 Å². The number of halogens is 1. The van der Waals surface area contributed by atoms with Crippen molar-refractivity contribution in [2.75, 3.05) is 12.3 Å². The summed E-state index contributed by atoms with van der Waals surface area (Å²) in [5, 5.41) is 8.06. The number of nitrogens with one attached hydrogen (secondary N) is 2. The maximum absolute atomic E-state index is 12.1. The van der Waals surface area contributed by atoms with Crippen molar-refractivity contribution in [3.63, 3.8) is 0 Å². The Bertz CT molecular complexity index is 662. The molecule has 0 fully saturated rings. The van der Waals surface area contributed by atoms with Crippen molar-refractivity contribution in [2.24, 2.45) is 5.73 Å². The number of primary amides is 1. The van der Waals surface area contributed by atoms with Crippen LogP contribution in [0.5, 0.6) is 0 Å². The Labute approximate surface area is 154 Å². The predicted octanol–water partition coefficient (Wildman–Crippen LogP) is 3.41. The highest BCUT2D eigenvalue weighted by Gasteiger charge is 2.18. The molecule has 0 saturated carbocycles. The van der Waals surface area contributed by atoms with Gasteiger partial charge < -0.3 is 16.4 Å². The van der Waals surface area contributed by atoms with Crippen LogP contribution >= 0.6 is 34.7 Å². The normalized spacial score (nSPS) is 11.7. The van der Waals surface area contributed by atoms with Gasteiger partial charge in [-0.05, 0) is 35.7 Å². The van der Waals surface area contributed by atoms with E-state index < -0.39 is 12.1 Å². The molecule has 0 aliphatic rings. The van der Waals surface area contributed by atoms with Crippen molar-refractivity contribution < 1.29 is 9.59 Å². The van der Waals surface area contributed by atoms with Crippen LogP contribution in [-0.2, 0) is 4.79 Å². The van der Waals surface area contributed by atoms with Gasteiger partial charge in [-0.25, -0.2) is 4.79 Å². The molecule has 1 atom stereocenters. The van der Waals surface area contributed by atoms with Crippen molar-refractivity contribution in [3.05, 3.63) is 51.7 Å². The van der Waals surface area contributed by atoms with Gasteiger partial charge in [0.25, 0.3) is 0 Å². The summed E-state index contributed by atoms with van der Waals surface area (Å²) in [4.78, 5) is 25.2. The van der Waals surface area contributed by atoms with Gasteiger partial charge in [-0.1, -0.05) is 17.7 Å². The molecular weight excluding hydrogens is 366 g/mol. The summed E-state index contributed by atoms with van der Waals surface area (Å²) in [6, 6.07) is 10.3. The van der Waals surface area contributed by atoms with E-state index in [1.807, 2.05) is 41.8 Å². The monoisotopic (exact) mass is 383 g/mol. The molecule has 4 N–H and O–H groups in total. The van der Waals surface area contributed by atoms with Crippen LogP contribution in [0, 0.1) is 0 Å². The zero-order valence-electron chi connectivity index (χ0n) is 12.8. The molecule has 8 heteroatoms. The fourth-order valence-corrected chi connectivity index (χ4v) is 3.70. The minimum absolute atomic E-state index is 0.126. The van der Waals surface area contributed by atoms with E-state index in [9.17, 15) is 9.59 Å². The predicted molar refractivity (Wildman–Crippen MR) is 99.6 cm³/mol. The molecule has 0 radical (unpaired) electrons. The second kappa shape index (κ2) is 9.56. The fraction of sp³-hybridized carbons (Fsp3) is 0.250. The number of hydrogen-bond donors (Lipinski definition) is 3. The SMILES string of the molecule is NC(=O)NC(CC(=O)NCCSc1ccc(Cl)cc1)c1cccs1. The molecule has 0 spiro atoms. The summed E-state index contributed by atoms with van der Waals surface area (Å²) in [7, 11) is 0. The lowest BCUT2D eigenvalue weighted by atomic mass is 10.1. The molecule has 1 aromatic heterocycles. The lowest BCUT2D eigenvalue weighted by Crippen LogP contribution is -2.36. The molecular formula is C16H18ClN3O2S2. The lowest BCUT2D eigenvalue weighted by molar-refractivity contribution is -0.121. The van der Waals surface area contributed by atoms with Gasteiger partial charge in [0.05, 0.1) is 12.5 Å². The first-order valence-corrected chi connectivity index (χ1v) is 9.53. The zero-order valence-corrected chi connectivity index (χ0v) is 15.2. The average Bonchev–Trinajstić information content (AvgIpc) is 3.06. The van der Waals surface area contributed by atoms with E-state index in [4.69, 9.17) is 17.3 Å². The molecule has 0 aliphatic heterocycles. The van der Waals surface area contributed by atoms with Crippen molar-refractivity contribution >= 4 is 46.6 Å². The molecule has 24 heavy (non-hydrogen) atoms. The summed E-state index contributed by atoms with van der Waals surface area (Å²) in [6.07, 6.45) is 0.162. The number of carbonyl (C=O) groups is 2. The van der Waals surface area contributed by atoms with Gasteiger partial charge >= 0.3 is 6.03 Å². The zero-order chi connectivity index (χ0) is 17.4. The quantitative estimate of drug-likeness (QED) is 0.482. The molecule has 2 rings (SSSR count). The standard InChI is InChI=1S/C16H18ClN3O2S2/c17-11-3-5-12(6-4-11)23-9-7-19-15(21)10-13(20-16(18)22)14-2-1-8-24-14/h1-6,8,13H,7,9-10H2,(H,19,21)(H3,18,20,22). The Morgan fingerprint density at radius 1 is 1.25 bits per heavy atom. The molecule has 128 valence electrons. The van der Waals surface area contributed by atoms with Crippen molar-refractivity contribution in [3.8, 4) is 0 Å². The minimum Gasteiger partial charge on any atom is -0.355 e. The topological polar surface area (TPSA) is 84.2 Å². The number of benzene rings is 1. The largest absolute Gasteiger partial charge is 0.355 e. The van der Waals surface area contributed by atoms with Crippen molar-refractivity contribution in [2.45, 2.75) is 17.4 Å². The van der Waals surface area contributed by atoms with Crippen LogP contribution in [0.1, 0.15) is 17.3 Å². The third kappa shape index (κ3) is 6.43. The first-order chi connectivity index (χ1) is 11.5. The van der Waals surface area contributed by atoms with E-state index in [0.717, 1.165) is 15.5 Å². The van der Waals surface area contributed by atoms with Crippen LogP contribution in [0.3, 0.4) is 0 Å². The second-order valence-electron chi connectivity index (χ2n) is 4.93. The number of amides is 3. The number of hydrogen-bond acceptors (Lipinski definition) is 4. The van der Waals surface area contributed by atoms with Gasteiger partial charge in [-0.3, -0.25) is 4.79 Å². The Hall–Kier alpha value is -1.70. The van der Waals surface area contributed by atoms with Crippen LogP contribution < -0.4 is 16.4 Å². The van der Waals surface area contributed by atoms with Gasteiger partial charge in [0.1, 0.15) is 0 Å². The van der Waals surface area contributed by atoms with Gasteiger partial charge in [0, 0.05) is 27.1 Å². The second-order valence-corrected chi connectivity index (χ2v) is 7.52. The molecule has 0 saturated heterocycles. The Morgan fingerprint density at radius 3 is 2.62 bits per heavy atom. The fourth-order valence-electron chi connectivity index (χ4n) is 2.03. The third-order valence-corrected chi connectivity index (χ3v) is 5.35. The molecule has 1 heterocycles. The van der Waals surface area contributed by atoms with Crippen LogP contribution in [0.25, 0.3) is 0 Å². The minimum atomic E-state index is -0.639. The van der Waals surface area contributed by atoms with Gasteiger partial charge in [-0.15, -0.1) is 23.1 Å². The molecule has 0 aliphatic carbocycles. The van der Waals surface area contributed by atoms with Gasteiger partial charge in [0.15, 0.2) is 0 Å². The van der Waals surface area contributed by atoms with Gasteiger partial charge in [-0.2, -0.15) is 0 Å². The molecule has 3 amide bonds. The molecule has 1 unspecified atom stereocenters. The van der Waals surface area contributed by atoms with Crippen LogP contribution in [0.2, 0.25) is 5.02 Å². The van der Waals surface area contributed by atoms with E-state index in [1.54, 1.807) is 11.8 Å². The Balaban J connectivity index is 1.74. The van der Waals surface area contributed by atoms with Crippen molar-refractivity contribution in [1.29, 1.82) is 0 Å². The van der Waals surface area contributed by atoms with Crippen LogP contribution in [0.15, 0.2) is 46.7 Å². The number of carbonyl (C=O) groups excluding carboxylic acids is 2. The number of rotatable bonds is 8. The summed E-state index contributed by atoms with van der Waals surface area (Å²) >= 11 is 8.95. The van der Waals surface area contributed by atoms with Crippen LogP contribution in [-0.4, -0.2) is 24.2 Å². The van der Waals surface area contributed by atoms with E-state index in [0.29, 0.717) is 11.6 Å². The average molecular weight is 384 g/mol. The van der Waals surface area contributed by atoms with E-state index in [2.05, 4.69) is 10.6 Å². The molecule has 1 aromatic carbocycles. The summed E-state index contributed by atoms with van der Waals surface area (Å²) in [5.74, 6) is 0.624. The third-order valence-electron chi connectivity index (χ3n) is 3.10. The highest BCUT2D eigenvalue weighted by molar-refractivity contribution is 7.99. The molecule has 2 aromatic rings. The highest BCUT2D eigenvalue weighted by atomic mass is 35.5. The van der Waals surface area contributed by atoms with E-state index >= 15 is 0 Å². The maximum Gasteiger partial charge on any atom is 0.312 e. The van der Waals surface area contributed by atoms with E-state index in [1.165, 1.54) is 11.3 Å². The Kier molecular flexibility index (Phi) is 7.42. The summed E-state index contributed by atoms with van der Waals surface area (Å²) in [5.41, 5.74) is 5.18. The first kappa shape index (κ1) is 18.6. The van der Waals surface area contributed by atoms with Crippen molar-refractivity contribution in [1.82, 2.24) is 10.6 Å². The van der Waals surface area contributed by atoms with Gasteiger partial charge in [0.2, 0.25) is 5.91 Å². The maximum atomic E-state index is 12.1. The molecule has 5 nitrogen and oxygen atoms in total. The number of nitrogens with two attached hydrogens (primary N) is 1. The lowest BCUT2D eigenvalue weighted by Gasteiger charge is -2.15. The summed E-state index contributed by atoms with van der Waals surface area (Å²) in [6.45, 7) is 0.542. The van der Waals surface area contributed by atoms with E-state index in [-0.39, 0.29) is 12.3 Å². The smallest absolute Gasteiger partial charge is 0.312 e. The highest BCUT2D eigenvalue weighted by Crippen LogP contribution is 2.22. The number of thiophene rings is 1.